The first-order valence-corrected chi connectivity index (χ1v) is 6.84. The monoisotopic (exact) mass is 272 g/mol. The van der Waals surface area contributed by atoms with Crippen molar-refractivity contribution in [2.45, 2.75) is 39.2 Å². The number of hydrogen-bond donors (Lipinski definition) is 2. The lowest BCUT2D eigenvalue weighted by molar-refractivity contribution is 0.509. The van der Waals surface area contributed by atoms with Crippen LogP contribution in [0.15, 0.2) is 6.20 Å². The van der Waals surface area contributed by atoms with Crippen LogP contribution in [0.5, 0.6) is 0 Å². The molecule has 4 N–H and O–H groups in total. The Kier molecular flexibility index (Phi) is 2.79. The van der Waals surface area contributed by atoms with Crippen LogP contribution in [0.2, 0.25) is 0 Å². The van der Waals surface area contributed by atoms with Crippen molar-refractivity contribution >= 4 is 5.95 Å². The van der Waals surface area contributed by atoms with Gasteiger partial charge >= 0.3 is 0 Å². The Bertz CT molecular complexity index is 671. The summed E-state index contributed by atoms with van der Waals surface area (Å²) in [7, 11) is 0. The molecule has 0 aliphatic heterocycles. The normalized spacial score (nSPS) is 15.8. The van der Waals surface area contributed by atoms with Gasteiger partial charge in [-0.05, 0) is 24.3 Å². The van der Waals surface area contributed by atoms with Crippen LogP contribution in [0.4, 0.5) is 5.95 Å². The van der Waals surface area contributed by atoms with Gasteiger partial charge in [0.25, 0.3) is 0 Å². The summed E-state index contributed by atoms with van der Waals surface area (Å²) in [6, 6.07) is 0. The van der Waals surface area contributed by atoms with E-state index in [9.17, 15) is 0 Å². The maximum Gasteiger partial charge on any atom is 0.220 e. The van der Waals surface area contributed by atoms with Crippen LogP contribution in [-0.4, -0.2) is 26.3 Å². The predicted molar refractivity (Wildman–Crippen MR) is 78.2 cm³/mol. The molecule has 0 amide bonds. The van der Waals surface area contributed by atoms with Gasteiger partial charge < -0.3 is 11.5 Å². The minimum absolute atomic E-state index is 0.0126. The van der Waals surface area contributed by atoms with Crippen LogP contribution in [0.3, 0.4) is 0 Å². The van der Waals surface area contributed by atoms with E-state index < -0.39 is 0 Å². The number of fused-ring (bicyclic) bond motifs is 3. The SMILES string of the molecule is Cc1nn(CCN)c2c1C(C)(C)Cc1cnc(N)nc1-2. The molecule has 0 spiro atoms. The molecular weight excluding hydrogens is 252 g/mol. The summed E-state index contributed by atoms with van der Waals surface area (Å²) in [4.78, 5) is 8.57. The highest BCUT2D eigenvalue weighted by atomic mass is 15.3. The molecule has 106 valence electrons. The van der Waals surface area contributed by atoms with E-state index in [2.05, 4.69) is 28.9 Å². The summed E-state index contributed by atoms with van der Waals surface area (Å²) in [5, 5.41) is 4.64. The number of nitrogens with two attached hydrogens (primary N) is 2. The fourth-order valence-corrected chi connectivity index (χ4v) is 3.24. The largest absolute Gasteiger partial charge is 0.368 e. The van der Waals surface area contributed by atoms with Crippen molar-refractivity contribution < 1.29 is 0 Å². The van der Waals surface area contributed by atoms with E-state index in [0.717, 1.165) is 29.1 Å². The molecule has 0 saturated carbocycles. The highest BCUT2D eigenvalue weighted by molar-refractivity contribution is 5.70. The van der Waals surface area contributed by atoms with E-state index in [4.69, 9.17) is 11.5 Å². The fourth-order valence-electron chi connectivity index (χ4n) is 3.24. The molecule has 2 aromatic rings. The van der Waals surface area contributed by atoms with Gasteiger partial charge in [0, 0.05) is 18.3 Å². The molecule has 2 heterocycles. The molecule has 0 fully saturated rings. The summed E-state index contributed by atoms with van der Waals surface area (Å²) in [5.74, 6) is 0.299. The molecule has 6 heteroatoms. The number of hydrogen-bond acceptors (Lipinski definition) is 5. The van der Waals surface area contributed by atoms with Crippen molar-refractivity contribution in [2.24, 2.45) is 5.73 Å². The smallest absolute Gasteiger partial charge is 0.220 e. The van der Waals surface area contributed by atoms with Crippen LogP contribution in [0, 0.1) is 6.92 Å². The molecule has 0 radical (unpaired) electrons. The third-order valence-corrected chi connectivity index (χ3v) is 3.88. The summed E-state index contributed by atoms with van der Waals surface area (Å²) in [6.07, 6.45) is 2.72. The van der Waals surface area contributed by atoms with Crippen LogP contribution in [-0.2, 0) is 18.4 Å². The van der Waals surface area contributed by atoms with Crippen LogP contribution in [0.1, 0.15) is 30.7 Å². The standard InChI is InChI=1S/C14H20N6/c1-8-10-12(20(19-8)5-4-15)11-9(6-14(10,2)3)7-17-13(16)18-11/h7H,4-6,15H2,1-3H3,(H2,16,17,18). The van der Waals surface area contributed by atoms with Gasteiger partial charge in [-0.25, -0.2) is 9.97 Å². The Morgan fingerprint density at radius 2 is 2.15 bits per heavy atom. The van der Waals surface area contributed by atoms with Gasteiger partial charge in [0.05, 0.1) is 23.6 Å². The van der Waals surface area contributed by atoms with Gasteiger partial charge in [0.1, 0.15) is 0 Å². The minimum Gasteiger partial charge on any atom is -0.368 e. The third kappa shape index (κ3) is 1.79. The molecule has 20 heavy (non-hydrogen) atoms. The zero-order valence-corrected chi connectivity index (χ0v) is 12.1. The highest BCUT2D eigenvalue weighted by Gasteiger charge is 2.37. The second-order valence-electron chi connectivity index (χ2n) is 5.98. The lowest BCUT2D eigenvalue weighted by Crippen LogP contribution is -2.27. The van der Waals surface area contributed by atoms with E-state index in [1.807, 2.05) is 17.8 Å². The molecule has 6 nitrogen and oxygen atoms in total. The summed E-state index contributed by atoms with van der Waals surface area (Å²) in [6.45, 7) is 7.72. The third-order valence-electron chi connectivity index (χ3n) is 3.88. The van der Waals surface area contributed by atoms with Crippen molar-refractivity contribution in [2.75, 3.05) is 12.3 Å². The average Bonchev–Trinajstić information content (AvgIpc) is 2.69. The number of anilines is 1. The zero-order chi connectivity index (χ0) is 14.5. The van der Waals surface area contributed by atoms with E-state index >= 15 is 0 Å². The van der Waals surface area contributed by atoms with E-state index in [1.165, 1.54) is 5.56 Å². The van der Waals surface area contributed by atoms with Gasteiger partial charge in [-0.15, -0.1) is 0 Å². The number of nitrogens with zero attached hydrogens (tertiary/aromatic N) is 4. The number of nitrogen functional groups attached to an aromatic ring is 1. The van der Waals surface area contributed by atoms with Crippen molar-refractivity contribution in [1.82, 2.24) is 19.7 Å². The molecule has 1 aliphatic rings. The molecule has 0 unspecified atom stereocenters. The first kappa shape index (κ1) is 13.1. The molecule has 2 aromatic heterocycles. The Morgan fingerprint density at radius 3 is 2.85 bits per heavy atom. The molecule has 0 bridgehead atoms. The van der Waals surface area contributed by atoms with Crippen molar-refractivity contribution in [3.05, 3.63) is 23.0 Å². The Labute approximate surface area is 118 Å². The van der Waals surface area contributed by atoms with Crippen molar-refractivity contribution in [3.8, 4) is 11.4 Å². The molecule has 0 aromatic carbocycles. The van der Waals surface area contributed by atoms with E-state index in [-0.39, 0.29) is 5.41 Å². The maximum atomic E-state index is 5.76. The fraction of sp³-hybridized carbons (Fsp3) is 0.500. The van der Waals surface area contributed by atoms with Gasteiger partial charge in [0.15, 0.2) is 0 Å². The van der Waals surface area contributed by atoms with Crippen LogP contribution in [0.25, 0.3) is 11.4 Å². The lowest BCUT2D eigenvalue weighted by atomic mass is 9.73. The first-order valence-electron chi connectivity index (χ1n) is 6.84. The summed E-state index contributed by atoms with van der Waals surface area (Å²) < 4.78 is 1.96. The second kappa shape index (κ2) is 4.28. The molecule has 0 atom stereocenters. The van der Waals surface area contributed by atoms with Gasteiger partial charge in [0.2, 0.25) is 5.95 Å². The maximum absolute atomic E-state index is 5.76. The van der Waals surface area contributed by atoms with E-state index in [0.29, 0.717) is 19.0 Å². The second-order valence-corrected chi connectivity index (χ2v) is 5.98. The van der Waals surface area contributed by atoms with Gasteiger partial charge in [-0.1, -0.05) is 13.8 Å². The van der Waals surface area contributed by atoms with Gasteiger partial charge in [-0.3, -0.25) is 4.68 Å². The van der Waals surface area contributed by atoms with Crippen LogP contribution >= 0.6 is 0 Å². The molecule has 1 aliphatic carbocycles. The quantitative estimate of drug-likeness (QED) is 0.851. The van der Waals surface area contributed by atoms with Crippen molar-refractivity contribution in [1.29, 1.82) is 0 Å². The van der Waals surface area contributed by atoms with Gasteiger partial charge in [-0.2, -0.15) is 5.10 Å². The van der Waals surface area contributed by atoms with Crippen molar-refractivity contribution in [3.63, 3.8) is 0 Å². The van der Waals surface area contributed by atoms with Crippen LogP contribution < -0.4 is 11.5 Å². The highest BCUT2D eigenvalue weighted by Crippen LogP contribution is 2.43. The summed E-state index contributed by atoms with van der Waals surface area (Å²) >= 11 is 0. The molecule has 3 rings (SSSR count). The Morgan fingerprint density at radius 1 is 1.40 bits per heavy atom. The Balaban J connectivity index is 2.32. The number of rotatable bonds is 2. The first-order chi connectivity index (χ1) is 9.44. The average molecular weight is 272 g/mol. The molecule has 0 saturated heterocycles. The Hall–Kier alpha value is -1.95. The predicted octanol–water partition coefficient (Wildman–Crippen LogP) is 1.02. The number of aryl methyl sites for hydroxylation is 1. The zero-order valence-electron chi connectivity index (χ0n) is 12.1. The lowest BCUT2D eigenvalue weighted by Gasteiger charge is -2.31. The minimum atomic E-state index is 0.0126. The summed E-state index contributed by atoms with van der Waals surface area (Å²) in [5.41, 5.74) is 16.8. The topological polar surface area (TPSA) is 95.6 Å². The molecular formula is C14H20N6. The van der Waals surface area contributed by atoms with E-state index in [1.54, 1.807) is 0 Å². The number of aromatic nitrogens is 4.